The quantitative estimate of drug-likeness (QED) is 0.122. The van der Waals surface area contributed by atoms with Crippen molar-refractivity contribution in [2.75, 3.05) is 13.2 Å². The first-order chi connectivity index (χ1) is 18.7. The fourth-order valence-electron chi connectivity index (χ4n) is 4.22. The summed E-state index contributed by atoms with van der Waals surface area (Å²) < 4.78 is 14.4. The third kappa shape index (κ3) is 11.7. The molecule has 1 aromatic carbocycles. The summed E-state index contributed by atoms with van der Waals surface area (Å²) in [7, 11) is 0. The van der Waals surface area contributed by atoms with Crippen molar-refractivity contribution in [3.8, 4) is 0 Å². The standard InChI is InChI=1S/C28H39Cl3N2O7/c1-5-6-8-14-21(24(35)39-19-28(29,30)31)17-23(34)33-22(25(36)40-27(2,3)4)15-11-16-32(33)26(37)38-18-20-12-9-7-10-13-20/h7,9-10,12-13,21-22H,5-6,8,11,14-19H2,1-4H3/t21-,22-/m0/s1. The zero-order chi connectivity index (χ0) is 29.9. The Kier molecular flexibility index (Phi) is 13.3. The smallest absolute Gasteiger partial charge is 0.429 e. The average molecular weight is 622 g/mol. The van der Waals surface area contributed by atoms with Crippen molar-refractivity contribution in [1.82, 2.24) is 10.0 Å². The number of unbranched alkanes of at least 4 members (excludes halogenated alkanes) is 2. The highest BCUT2D eigenvalue weighted by molar-refractivity contribution is 6.67. The number of esters is 2. The van der Waals surface area contributed by atoms with E-state index in [-0.39, 0.29) is 26.0 Å². The number of hydrazine groups is 1. The number of ether oxygens (including phenoxy) is 3. The predicted molar refractivity (Wildman–Crippen MR) is 153 cm³/mol. The number of benzene rings is 1. The van der Waals surface area contributed by atoms with Crippen molar-refractivity contribution in [2.45, 2.75) is 94.7 Å². The van der Waals surface area contributed by atoms with Crippen LogP contribution in [0.25, 0.3) is 0 Å². The topological polar surface area (TPSA) is 102 Å². The lowest BCUT2D eigenvalue weighted by Gasteiger charge is -2.43. The molecule has 2 amide bonds. The lowest BCUT2D eigenvalue weighted by Crippen LogP contribution is -2.61. The van der Waals surface area contributed by atoms with Crippen LogP contribution in [0.2, 0.25) is 0 Å². The molecular weight excluding hydrogens is 583 g/mol. The van der Waals surface area contributed by atoms with Crippen LogP contribution in [0, 0.1) is 5.92 Å². The van der Waals surface area contributed by atoms with E-state index in [9.17, 15) is 19.2 Å². The Labute approximate surface area is 251 Å². The second-order valence-corrected chi connectivity index (χ2v) is 13.2. The lowest BCUT2D eigenvalue weighted by atomic mass is 9.96. The van der Waals surface area contributed by atoms with Crippen LogP contribution in [0.5, 0.6) is 0 Å². The van der Waals surface area contributed by atoms with Crippen LogP contribution >= 0.6 is 34.8 Å². The number of nitrogens with zero attached hydrogens (tertiary/aromatic N) is 2. The van der Waals surface area contributed by atoms with E-state index in [4.69, 9.17) is 49.0 Å². The molecule has 9 nitrogen and oxygen atoms in total. The zero-order valence-electron chi connectivity index (χ0n) is 23.5. The summed E-state index contributed by atoms with van der Waals surface area (Å²) in [4.78, 5) is 53.1. The molecule has 1 fully saturated rings. The number of amides is 2. The van der Waals surface area contributed by atoms with Gasteiger partial charge in [-0.2, -0.15) is 0 Å². The van der Waals surface area contributed by atoms with Crippen molar-refractivity contribution < 1.29 is 33.4 Å². The van der Waals surface area contributed by atoms with Gasteiger partial charge >= 0.3 is 18.0 Å². The van der Waals surface area contributed by atoms with Crippen molar-refractivity contribution in [3.05, 3.63) is 35.9 Å². The van der Waals surface area contributed by atoms with E-state index in [0.29, 0.717) is 19.3 Å². The molecule has 0 aromatic heterocycles. The number of alkyl halides is 3. The predicted octanol–water partition coefficient (Wildman–Crippen LogP) is 6.37. The van der Waals surface area contributed by atoms with Crippen LogP contribution in [0.15, 0.2) is 30.3 Å². The van der Waals surface area contributed by atoms with Gasteiger partial charge in [0.15, 0.2) is 6.04 Å². The van der Waals surface area contributed by atoms with Crippen LogP contribution in [0.4, 0.5) is 4.79 Å². The van der Waals surface area contributed by atoms with E-state index >= 15 is 0 Å². The monoisotopic (exact) mass is 620 g/mol. The molecule has 0 N–H and O–H groups in total. The van der Waals surface area contributed by atoms with E-state index in [2.05, 4.69) is 0 Å². The summed E-state index contributed by atoms with van der Waals surface area (Å²) in [6.45, 7) is 6.83. The Hall–Kier alpha value is -2.23. The summed E-state index contributed by atoms with van der Waals surface area (Å²) in [5, 5.41) is 2.21. The number of carbonyl (C=O) groups excluding carboxylic acids is 4. The summed E-state index contributed by atoms with van der Waals surface area (Å²) in [6, 6.07) is 8.02. The van der Waals surface area contributed by atoms with E-state index in [0.717, 1.165) is 28.4 Å². The minimum Gasteiger partial charge on any atom is -0.461 e. The van der Waals surface area contributed by atoms with Crippen LogP contribution in [0.3, 0.4) is 0 Å². The van der Waals surface area contributed by atoms with E-state index in [1.165, 1.54) is 0 Å². The Morgan fingerprint density at radius 1 is 1.02 bits per heavy atom. The molecule has 0 spiro atoms. The maximum atomic E-state index is 13.8. The van der Waals surface area contributed by atoms with Crippen molar-refractivity contribution >= 4 is 58.7 Å². The highest BCUT2D eigenvalue weighted by Crippen LogP contribution is 2.29. The molecule has 2 atom stereocenters. The van der Waals surface area contributed by atoms with Gasteiger partial charge in [-0.25, -0.2) is 19.6 Å². The Bertz CT molecular complexity index is 996. The van der Waals surface area contributed by atoms with Crippen LogP contribution < -0.4 is 0 Å². The molecule has 2 rings (SSSR count). The van der Waals surface area contributed by atoms with Crippen molar-refractivity contribution in [2.24, 2.45) is 5.92 Å². The number of hydrogen-bond donors (Lipinski definition) is 0. The number of halogens is 3. The minimum absolute atomic E-state index is 0.0156. The zero-order valence-corrected chi connectivity index (χ0v) is 25.8. The molecule has 224 valence electrons. The molecule has 40 heavy (non-hydrogen) atoms. The molecule has 0 unspecified atom stereocenters. The molecule has 0 bridgehead atoms. The summed E-state index contributed by atoms with van der Waals surface area (Å²) in [5.74, 6) is -2.82. The van der Waals surface area contributed by atoms with E-state index in [1.807, 2.05) is 25.1 Å². The molecule has 1 saturated heterocycles. The maximum Gasteiger partial charge on any atom is 0.429 e. The second-order valence-electron chi connectivity index (χ2n) is 10.7. The summed E-state index contributed by atoms with van der Waals surface area (Å²) in [6.07, 6.45) is 2.37. The van der Waals surface area contributed by atoms with Gasteiger partial charge in [0.25, 0.3) is 0 Å². The Morgan fingerprint density at radius 3 is 2.30 bits per heavy atom. The van der Waals surface area contributed by atoms with Crippen LogP contribution in [-0.4, -0.2) is 62.5 Å². The van der Waals surface area contributed by atoms with Gasteiger partial charge in [-0.1, -0.05) is 91.3 Å². The van der Waals surface area contributed by atoms with Crippen molar-refractivity contribution in [1.29, 1.82) is 0 Å². The lowest BCUT2D eigenvalue weighted by molar-refractivity contribution is -0.182. The first-order valence-corrected chi connectivity index (χ1v) is 14.6. The van der Waals surface area contributed by atoms with Gasteiger partial charge in [0.05, 0.1) is 5.92 Å². The third-order valence-corrected chi connectivity index (χ3v) is 6.37. The molecule has 12 heteroatoms. The SMILES string of the molecule is CCCCC[C@@H](CC(=O)N1[C@H](C(=O)OC(C)(C)C)CCCN1C(=O)OCc1ccccc1)C(=O)OCC(Cl)(Cl)Cl. The molecule has 0 aliphatic carbocycles. The fourth-order valence-corrected chi connectivity index (χ4v) is 4.38. The van der Waals surface area contributed by atoms with Gasteiger partial charge in [-0.3, -0.25) is 9.59 Å². The molecule has 0 radical (unpaired) electrons. The summed E-state index contributed by atoms with van der Waals surface area (Å²) >= 11 is 17.2. The maximum absolute atomic E-state index is 13.8. The molecule has 1 aliphatic heterocycles. The normalized spacial score (nSPS) is 16.7. The Balaban J connectivity index is 2.30. The van der Waals surface area contributed by atoms with Gasteiger partial charge in [0.1, 0.15) is 18.8 Å². The first-order valence-electron chi connectivity index (χ1n) is 13.5. The van der Waals surface area contributed by atoms with Crippen LogP contribution in [0.1, 0.15) is 78.2 Å². The largest absolute Gasteiger partial charge is 0.461 e. The van der Waals surface area contributed by atoms with Crippen LogP contribution in [-0.2, 0) is 35.2 Å². The molecule has 1 aliphatic rings. The molecule has 1 heterocycles. The highest BCUT2D eigenvalue weighted by Gasteiger charge is 2.43. The van der Waals surface area contributed by atoms with Gasteiger partial charge in [0.2, 0.25) is 9.70 Å². The Morgan fingerprint density at radius 2 is 1.70 bits per heavy atom. The summed E-state index contributed by atoms with van der Waals surface area (Å²) in [5.41, 5.74) is -0.0481. The van der Waals surface area contributed by atoms with Gasteiger partial charge in [-0.15, -0.1) is 0 Å². The second kappa shape index (κ2) is 15.7. The van der Waals surface area contributed by atoms with Gasteiger partial charge in [-0.05, 0) is 45.6 Å². The minimum atomic E-state index is -1.80. The fraction of sp³-hybridized carbons (Fsp3) is 0.643. The third-order valence-electron chi connectivity index (χ3n) is 6.04. The number of carbonyl (C=O) groups is 4. The highest BCUT2D eigenvalue weighted by atomic mass is 35.6. The molecular formula is C28H39Cl3N2O7. The number of rotatable bonds is 11. The molecule has 1 aromatic rings. The first kappa shape index (κ1) is 34.0. The molecule has 0 saturated carbocycles. The van der Waals surface area contributed by atoms with Crippen molar-refractivity contribution in [3.63, 3.8) is 0 Å². The van der Waals surface area contributed by atoms with Gasteiger partial charge < -0.3 is 14.2 Å². The van der Waals surface area contributed by atoms with E-state index in [1.54, 1.807) is 32.9 Å². The number of hydrogen-bond acceptors (Lipinski definition) is 7. The average Bonchev–Trinajstić information content (AvgIpc) is 2.88. The van der Waals surface area contributed by atoms with E-state index < -0.39 is 51.9 Å². The van der Waals surface area contributed by atoms with Gasteiger partial charge in [0, 0.05) is 13.0 Å².